The van der Waals surface area contributed by atoms with Crippen LogP contribution in [-0.4, -0.2) is 27.6 Å². The molecule has 0 N–H and O–H groups in total. The highest BCUT2D eigenvalue weighted by molar-refractivity contribution is 9.25. The van der Waals surface area contributed by atoms with Crippen molar-refractivity contribution >= 4 is 37.8 Å². The molecule has 1 amide bonds. The first kappa shape index (κ1) is 14.4. The van der Waals surface area contributed by atoms with Gasteiger partial charge < -0.3 is 4.90 Å². The number of halogens is 2. The third-order valence-electron chi connectivity index (χ3n) is 2.06. The van der Waals surface area contributed by atoms with Crippen molar-refractivity contribution in [3.8, 4) is 0 Å². The number of unbranched alkanes of at least 4 members (excludes halogenated alkanes) is 2. The molecule has 4 heteroatoms. The second-order valence-electron chi connectivity index (χ2n) is 3.33. The molecular weight excluding hydrogens is 310 g/mol. The minimum atomic E-state index is -0.233. The first-order valence-corrected chi connectivity index (χ1v) is 7.03. The first-order valence-electron chi connectivity index (χ1n) is 5.20. The standard InChI is InChI=1S/C10H19Br2NO/c1-3-5-7-13(8-6-4-2)10(14)9(11)12/h9H,3-8H2,1-2H3. The Morgan fingerprint density at radius 2 is 1.57 bits per heavy atom. The van der Waals surface area contributed by atoms with Gasteiger partial charge in [0.05, 0.1) is 0 Å². The van der Waals surface area contributed by atoms with E-state index < -0.39 is 0 Å². The zero-order chi connectivity index (χ0) is 11.0. The minimum absolute atomic E-state index is 0.145. The van der Waals surface area contributed by atoms with Crippen LogP contribution in [0.1, 0.15) is 39.5 Å². The number of alkyl halides is 2. The van der Waals surface area contributed by atoms with Gasteiger partial charge in [-0.25, -0.2) is 0 Å². The number of hydrogen-bond donors (Lipinski definition) is 0. The molecule has 0 fully saturated rings. The maximum Gasteiger partial charge on any atom is 0.247 e. The van der Waals surface area contributed by atoms with Crippen LogP contribution in [0.25, 0.3) is 0 Å². The summed E-state index contributed by atoms with van der Waals surface area (Å²) in [4.78, 5) is 13.6. The summed E-state index contributed by atoms with van der Waals surface area (Å²) in [5, 5.41) is 0. The number of carbonyl (C=O) groups is 1. The van der Waals surface area contributed by atoms with E-state index in [9.17, 15) is 4.79 Å². The van der Waals surface area contributed by atoms with Crippen molar-refractivity contribution < 1.29 is 4.79 Å². The molecule has 0 heterocycles. The summed E-state index contributed by atoms with van der Waals surface area (Å²) in [6.07, 6.45) is 4.43. The Kier molecular flexibility index (Phi) is 8.98. The Morgan fingerprint density at radius 1 is 1.14 bits per heavy atom. The van der Waals surface area contributed by atoms with Gasteiger partial charge in [-0.3, -0.25) is 4.79 Å². The summed E-state index contributed by atoms with van der Waals surface area (Å²) in [6, 6.07) is 0. The fourth-order valence-electron chi connectivity index (χ4n) is 1.17. The van der Waals surface area contributed by atoms with Crippen LogP contribution in [0, 0.1) is 0 Å². The van der Waals surface area contributed by atoms with Crippen molar-refractivity contribution in [2.24, 2.45) is 0 Å². The topological polar surface area (TPSA) is 20.3 Å². The quantitative estimate of drug-likeness (QED) is 0.655. The molecule has 0 radical (unpaired) electrons. The van der Waals surface area contributed by atoms with Gasteiger partial charge in [-0.05, 0) is 12.8 Å². The molecule has 0 bridgehead atoms. The van der Waals surface area contributed by atoms with E-state index in [4.69, 9.17) is 0 Å². The minimum Gasteiger partial charge on any atom is -0.341 e. The molecule has 84 valence electrons. The molecule has 14 heavy (non-hydrogen) atoms. The monoisotopic (exact) mass is 327 g/mol. The van der Waals surface area contributed by atoms with Crippen LogP contribution < -0.4 is 0 Å². The van der Waals surface area contributed by atoms with Crippen molar-refractivity contribution in [3.63, 3.8) is 0 Å². The van der Waals surface area contributed by atoms with Crippen LogP contribution >= 0.6 is 31.9 Å². The molecule has 0 aliphatic rings. The molecule has 0 unspecified atom stereocenters. The van der Waals surface area contributed by atoms with Gasteiger partial charge in [0.2, 0.25) is 5.91 Å². The highest BCUT2D eigenvalue weighted by atomic mass is 79.9. The third-order valence-corrected chi connectivity index (χ3v) is 2.84. The van der Waals surface area contributed by atoms with Crippen LogP contribution in [0.15, 0.2) is 0 Å². The predicted molar refractivity (Wildman–Crippen MR) is 68.0 cm³/mol. The van der Waals surface area contributed by atoms with Gasteiger partial charge in [-0.15, -0.1) is 0 Å². The van der Waals surface area contributed by atoms with Crippen LogP contribution in [0.5, 0.6) is 0 Å². The number of carbonyl (C=O) groups excluding carboxylic acids is 1. The molecule has 0 aliphatic carbocycles. The average Bonchev–Trinajstić information content (AvgIpc) is 2.17. The smallest absolute Gasteiger partial charge is 0.247 e. The largest absolute Gasteiger partial charge is 0.341 e. The maximum absolute atomic E-state index is 11.7. The molecule has 0 rings (SSSR count). The zero-order valence-electron chi connectivity index (χ0n) is 8.93. The molecule has 0 saturated heterocycles. The van der Waals surface area contributed by atoms with Gasteiger partial charge in [-0.2, -0.15) is 0 Å². The molecule has 0 aromatic heterocycles. The SMILES string of the molecule is CCCCN(CCCC)C(=O)C(Br)Br. The van der Waals surface area contributed by atoms with E-state index >= 15 is 0 Å². The first-order chi connectivity index (χ1) is 6.63. The van der Waals surface area contributed by atoms with Crippen molar-refractivity contribution in [1.82, 2.24) is 4.90 Å². The highest BCUT2D eigenvalue weighted by Crippen LogP contribution is 2.13. The van der Waals surface area contributed by atoms with Crippen molar-refractivity contribution in [2.45, 2.75) is 43.3 Å². The predicted octanol–water partition coefficient (Wildman–Crippen LogP) is 3.53. The molecule has 0 spiro atoms. The van der Waals surface area contributed by atoms with Crippen molar-refractivity contribution in [1.29, 1.82) is 0 Å². The maximum atomic E-state index is 11.7. The molecular formula is C10H19Br2NO. The molecule has 0 saturated carbocycles. The van der Waals surface area contributed by atoms with Crippen molar-refractivity contribution in [2.75, 3.05) is 13.1 Å². The summed E-state index contributed by atoms with van der Waals surface area (Å²) in [5.41, 5.74) is 0. The Labute approximate surface area is 104 Å². The van der Waals surface area contributed by atoms with E-state index in [1.807, 2.05) is 4.90 Å². The molecule has 0 aromatic carbocycles. The van der Waals surface area contributed by atoms with Gasteiger partial charge in [0.25, 0.3) is 0 Å². The molecule has 0 aliphatic heterocycles. The normalized spacial score (nSPS) is 10.6. The fourth-order valence-corrected chi connectivity index (χ4v) is 1.75. The average molecular weight is 329 g/mol. The Hall–Kier alpha value is 0.430. The van der Waals surface area contributed by atoms with Crippen LogP contribution in [0.3, 0.4) is 0 Å². The molecule has 0 atom stereocenters. The summed E-state index contributed by atoms with van der Waals surface area (Å²) < 4.78 is -0.233. The lowest BCUT2D eigenvalue weighted by atomic mass is 10.2. The van der Waals surface area contributed by atoms with Crippen molar-refractivity contribution in [3.05, 3.63) is 0 Å². The van der Waals surface area contributed by atoms with Crippen LogP contribution in [-0.2, 0) is 4.79 Å². The lowest BCUT2D eigenvalue weighted by Gasteiger charge is -2.23. The van der Waals surface area contributed by atoms with E-state index in [0.717, 1.165) is 38.8 Å². The zero-order valence-corrected chi connectivity index (χ0v) is 12.1. The van der Waals surface area contributed by atoms with E-state index in [1.165, 1.54) is 0 Å². The van der Waals surface area contributed by atoms with Gasteiger partial charge in [0, 0.05) is 13.1 Å². The number of amides is 1. The van der Waals surface area contributed by atoms with Gasteiger partial charge in [0.15, 0.2) is 0 Å². The Bertz CT molecular complexity index is 154. The molecule has 0 aromatic rings. The Balaban J connectivity index is 4.01. The molecule has 2 nitrogen and oxygen atoms in total. The summed E-state index contributed by atoms with van der Waals surface area (Å²) >= 11 is 6.50. The van der Waals surface area contributed by atoms with Gasteiger partial charge in [-0.1, -0.05) is 58.5 Å². The fraction of sp³-hybridized carbons (Fsp3) is 0.900. The van der Waals surface area contributed by atoms with Gasteiger partial charge in [0.1, 0.15) is 3.74 Å². The van der Waals surface area contributed by atoms with E-state index in [-0.39, 0.29) is 9.64 Å². The lowest BCUT2D eigenvalue weighted by molar-refractivity contribution is -0.129. The third kappa shape index (κ3) is 6.02. The highest BCUT2D eigenvalue weighted by Gasteiger charge is 2.17. The van der Waals surface area contributed by atoms with Crippen LogP contribution in [0.4, 0.5) is 0 Å². The van der Waals surface area contributed by atoms with E-state index in [1.54, 1.807) is 0 Å². The number of nitrogens with zero attached hydrogens (tertiary/aromatic N) is 1. The Morgan fingerprint density at radius 3 is 1.86 bits per heavy atom. The summed E-state index contributed by atoms with van der Waals surface area (Å²) in [6.45, 7) is 6.04. The second-order valence-corrected chi connectivity index (χ2v) is 6.39. The number of hydrogen-bond acceptors (Lipinski definition) is 1. The number of rotatable bonds is 7. The lowest BCUT2D eigenvalue weighted by Crippen LogP contribution is -2.36. The van der Waals surface area contributed by atoms with Crippen LogP contribution in [0.2, 0.25) is 0 Å². The summed E-state index contributed by atoms with van der Waals surface area (Å²) in [7, 11) is 0. The second kappa shape index (κ2) is 8.72. The summed E-state index contributed by atoms with van der Waals surface area (Å²) in [5.74, 6) is 0.145. The van der Waals surface area contributed by atoms with Gasteiger partial charge >= 0.3 is 0 Å². The van der Waals surface area contributed by atoms with E-state index in [2.05, 4.69) is 45.7 Å². The van der Waals surface area contributed by atoms with E-state index in [0.29, 0.717) is 0 Å².